The van der Waals surface area contributed by atoms with Gasteiger partial charge in [0.15, 0.2) is 11.5 Å². The smallest absolute Gasteiger partial charge is 0.407 e. The van der Waals surface area contributed by atoms with Crippen LogP contribution in [0.2, 0.25) is 0 Å². The summed E-state index contributed by atoms with van der Waals surface area (Å²) in [5, 5.41) is 3.31. The Kier molecular flexibility index (Phi) is 6.67. The molecule has 0 aromatic heterocycles. The molecule has 35 heavy (non-hydrogen) atoms. The number of hydrogen-bond donors (Lipinski definition) is 1. The van der Waals surface area contributed by atoms with Gasteiger partial charge < -0.3 is 19.5 Å². The maximum atomic E-state index is 13.1. The van der Waals surface area contributed by atoms with E-state index in [4.69, 9.17) is 14.2 Å². The highest BCUT2D eigenvalue weighted by atomic mass is 16.6. The summed E-state index contributed by atoms with van der Waals surface area (Å²) >= 11 is 0. The van der Waals surface area contributed by atoms with Crippen LogP contribution in [0.3, 0.4) is 0 Å². The van der Waals surface area contributed by atoms with Crippen molar-refractivity contribution in [2.24, 2.45) is 11.3 Å². The Bertz CT molecular complexity index is 1070. The molecule has 6 heteroatoms. The lowest BCUT2D eigenvalue weighted by Gasteiger charge is -2.44. The number of benzene rings is 2. The third kappa shape index (κ3) is 4.37. The number of nitrogens with zero attached hydrogens (tertiary/aromatic N) is 1. The number of rotatable bonds is 7. The van der Waals surface area contributed by atoms with Crippen molar-refractivity contribution < 1.29 is 19.0 Å². The van der Waals surface area contributed by atoms with Crippen molar-refractivity contribution in [3.8, 4) is 22.6 Å². The third-order valence-corrected chi connectivity index (χ3v) is 8.85. The van der Waals surface area contributed by atoms with Crippen LogP contribution in [-0.2, 0) is 11.2 Å². The predicted molar refractivity (Wildman–Crippen MR) is 137 cm³/mol. The summed E-state index contributed by atoms with van der Waals surface area (Å²) in [6.07, 6.45) is 4.96. The van der Waals surface area contributed by atoms with E-state index < -0.39 is 0 Å². The Hall–Kier alpha value is -2.73. The van der Waals surface area contributed by atoms with Crippen LogP contribution in [0.1, 0.15) is 56.7 Å². The lowest BCUT2D eigenvalue weighted by Crippen LogP contribution is -2.53. The van der Waals surface area contributed by atoms with E-state index in [9.17, 15) is 4.79 Å². The zero-order valence-electron chi connectivity index (χ0n) is 21.4. The summed E-state index contributed by atoms with van der Waals surface area (Å²) in [6.45, 7) is 7.62. The number of piperidine rings is 3. The van der Waals surface area contributed by atoms with Gasteiger partial charge in [0.1, 0.15) is 6.10 Å². The zero-order chi connectivity index (χ0) is 24.6. The van der Waals surface area contributed by atoms with Crippen molar-refractivity contribution in [2.75, 3.05) is 33.9 Å². The highest BCUT2D eigenvalue weighted by Crippen LogP contribution is 2.51. The van der Waals surface area contributed by atoms with Gasteiger partial charge in [-0.25, -0.2) is 4.79 Å². The molecule has 2 aromatic rings. The molecule has 1 unspecified atom stereocenters. The average molecular weight is 479 g/mol. The SMILES string of the molecule is CCC1(CC)Cc2cc(-c3ccc(OC)c(OC)c3)ccc2C1NC(=O)O[C@H]1CN2CCC1CC2. The number of carbonyl (C=O) groups excluding carboxylic acids is 1. The quantitative estimate of drug-likeness (QED) is 0.562. The van der Waals surface area contributed by atoms with Crippen molar-refractivity contribution in [3.63, 3.8) is 0 Å². The van der Waals surface area contributed by atoms with Gasteiger partial charge in [0.05, 0.1) is 20.3 Å². The van der Waals surface area contributed by atoms with Gasteiger partial charge in [0.2, 0.25) is 0 Å². The number of carbonyl (C=O) groups is 1. The molecule has 2 aromatic carbocycles. The Labute approximate surface area is 208 Å². The molecule has 2 bridgehead atoms. The minimum Gasteiger partial charge on any atom is -0.493 e. The molecule has 1 N–H and O–H groups in total. The second-order valence-corrected chi connectivity index (χ2v) is 10.4. The molecular formula is C29H38N2O4. The van der Waals surface area contributed by atoms with E-state index in [1.165, 1.54) is 11.1 Å². The van der Waals surface area contributed by atoms with Crippen LogP contribution in [-0.4, -0.2) is 51.0 Å². The monoisotopic (exact) mass is 478 g/mol. The van der Waals surface area contributed by atoms with E-state index in [2.05, 4.69) is 48.3 Å². The third-order valence-electron chi connectivity index (χ3n) is 8.85. The second-order valence-electron chi connectivity index (χ2n) is 10.4. The Balaban J connectivity index is 1.38. The first kappa shape index (κ1) is 24.0. The van der Waals surface area contributed by atoms with Crippen molar-refractivity contribution >= 4 is 6.09 Å². The van der Waals surface area contributed by atoms with Gasteiger partial charge in [-0.2, -0.15) is 0 Å². The van der Waals surface area contributed by atoms with Crippen LogP contribution < -0.4 is 14.8 Å². The molecule has 6 rings (SSSR count). The highest BCUT2D eigenvalue weighted by Gasteiger charge is 2.45. The van der Waals surface area contributed by atoms with E-state index in [1.54, 1.807) is 14.2 Å². The first-order chi connectivity index (χ1) is 17.0. The topological polar surface area (TPSA) is 60.0 Å². The zero-order valence-corrected chi connectivity index (χ0v) is 21.4. The van der Waals surface area contributed by atoms with Crippen molar-refractivity contribution in [2.45, 2.75) is 58.1 Å². The average Bonchev–Trinajstić information content (AvgIpc) is 3.21. The summed E-state index contributed by atoms with van der Waals surface area (Å²) in [6, 6.07) is 12.6. The number of fused-ring (bicyclic) bond motifs is 4. The molecule has 0 saturated carbocycles. The van der Waals surface area contributed by atoms with E-state index in [1.807, 2.05) is 12.1 Å². The summed E-state index contributed by atoms with van der Waals surface area (Å²) in [4.78, 5) is 15.5. The Morgan fingerprint density at radius 2 is 1.69 bits per heavy atom. The highest BCUT2D eigenvalue weighted by molar-refractivity contribution is 5.71. The van der Waals surface area contributed by atoms with Crippen molar-refractivity contribution in [1.82, 2.24) is 10.2 Å². The molecule has 0 radical (unpaired) electrons. The number of methoxy groups -OCH3 is 2. The predicted octanol–water partition coefficient (Wildman–Crippen LogP) is 5.59. The number of nitrogens with one attached hydrogen (secondary N) is 1. The van der Waals surface area contributed by atoms with Crippen LogP contribution in [0.5, 0.6) is 11.5 Å². The molecule has 2 atom stereocenters. The molecule has 3 heterocycles. The number of amides is 1. The van der Waals surface area contributed by atoms with E-state index in [0.717, 1.165) is 74.4 Å². The maximum absolute atomic E-state index is 13.1. The van der Waals surface area contributed by atoms with Gasteiger partial charge in [-0.15, -0.1) is 0 Å². The maximum Gasteiger partial charge on any atom is 0.407 e. The molecule has 4 aliphatic rings. The minimum absolute atomic E-state index is 0.00730. The number of ether oxygens (including phenoxy) is 3. The summed E-state index contributed by atoms with van der Waals surface area (Å²) in [7, 11) is 3.31. The van der Waals surface area contributed by atoms with Gasteiger partial charge in [-0.05, 0) is 90.9 Å². The molecular weight excluding hydrogens is 440 g/mol. The first-order valence-corrected chi connectivity index (χ1v) is 13.0. The fourth-order valence-corrected chi connectivity index (χ4v) is 6.52. The molecule has 0 spiro atoms. The normalized spacial score (nSPS) is 26.2. The van der Waals surface area contributed by atoms with Crippen LogP contribution in [0.25, 0.3) is 11.1 Å². The largest absolute Gasteiger partial charge is 0.493 e. The standard InChI is InChI=1S/C29H38N2O4/c1-5-29(6-2)17-22-15-20(21-8-10-24(33-3)25(16-21)34-4)7-9-23(22)27(29)30-28(32)35-26-18-31-13-11-19(26)12-14-31/h7-10,15-16,19,26-27H,5-6,11-14,17-18H2,1-4H3,(H,30,32)/t26-,27?/m0/s1. The summed E-state index contributed by atoms with van der Waals surface area (Å²) in [5.41, 5.74) is 4.73. The first-order valence-electron chi connectivity index (χ1n) is 13.0. The van der Waals surface area contributed by atoms with Gasteiger partial charge in [0.25, 0.3) is 0 Å². The second kappa shape index (κ2) is 9.73. The fourth-order valence-electron chi connectivity index (χ4n) is 6.52. The van der Waals surface area contributed by atoms with Crippen LogP contribution in [0.15, 0.2) is 36.4 Å². The summed E-state index contributed by atoms with van der Waals surface area (Å²) < 4.78 is 16.9. The van der Waals surface area contributed by atoms with Gasteiger partial charge in [-0.3, -0.25) is 4.90 Å². The molecule has 188 valence electrons. The Morgan fingerprint density at radius 1 is 1.00 bits per heavy atom. The molecule has 3 fully saturated rings. The van der Waals surface area contributed by atoms with E-state index in [-0.39, 0.29) is 23.7 Å². The number of hydrogen-bond acceptors (Lipinski definition) is 5. The molecule has 6 nitrogen and oxygen atoms in total. The van der Waals surface area contributed by atoms with Gasteiger partial charge in [-0.1, -0.05) is 38.1 Å². The summed E-state index contributed by atoms with van der Waals surface area (Å²) in [5.74, 6) is 1.95. The minimum atomic E-state index is -0.267. The van der Waals surface area contributed by atoms with Crippen LogP contribution >= 0.6 is 0 Å². The molecule has 3 saturated heterocycles. The van der Waals surface area contributed by atoms with Gasteiger partial charge >= 0.3 is 6.09 Å². The van der Waals surface area contributed by atoms with Crippen molar-refractivity contribution in [3.05, 3.63) is 47.5 Å². The van der Waals surface area contributed by atoms with Crippen LogP contribution in [0.4, 0.5) is 4.79 Å². The molecule has 1 amide bonds. The molecule has 1 aliphatic carbocycles. The number of alkyl carbamates (subject to hydrolysis) is 1. The van der Waals surface area contributed by atoms with E-state index in [0.29, 0.717) is 5.92 Å². The fraction of sp³-hybridized carbons (Fsp3) is 0.552. The Morgan fingerprint density at radius 3 is 2.31 bits per heavy atom. The van der Waals surface area contributed by atoms with Crippen molar-refractivity contribution in [1.29, 1.82) is 0 Å². The lowest BCUT2D eigenvalue weighted by molar-refractivity contribution is -0.0353. The van der Waals surface area contributed by atoms with Crippen LogP contribution in [0, 0.1) is 11.3 Å². The molecule has 3 aliphatic heterocycles. The van der Waals surface area contributed by atoms with Gasteiger partial charge in [0, 0.05) is 6.54 Å². The van der Waals surface area contributed by atoms with E-state index >= 15 is 0 Å². The lowest BCUT2D eigenvalue weighted by atomic mass is 9.76.